The fraction of sp³-hybridized carbons (Fsp3) is 0.500. The molecule has 1 saturated heterocycles. The van der Waals surface area contributed by atoms with Crippen LogP contribution in [0.15, 0.2) is 30.3 Å². The molecule has 0 bridgehead atoms. The van der Waals surface area contributed by atoms with Gasteiger partial charge in [0.2, 0.25) is 0 Å². The van der Waals surface area contributed by atoms with Gasteiger partial charge in [-0.25, -0.2) is 0 Å². The Labute approximate surface area is 130 Å². The van der Waals surface area contributed by atoms with Crippen LogP contribution in [0, 0.1) is 0 Å². The average molecular weight is 309 g/mol. The SMILES string of the molecule is CNC1CCCN(Cc2nnnn2-c2ccccc2)C1.Cl. The van der Waals surface area contributed by atoms with Crippen molar-refractivity contribution in [3.63, 3.8) is 0 Å². The first-order valence-corrected chi connectivity index (χ1v) is 7.09. The third kappa shape index (κ3) is 3.78. The van der Waals surface area contributed by atoms with Crippen LogP contribution in [-0.2, 0) is 6.54 Å². The van der Waals surface area contributed by atoms with E-state index in [1.165, 1.54) is 12.8 Å². The molecule has 2 heterocycles. The van der Waals surface area contributed by atoms with Crippen molar-refractivity contribution < 1.29 is 0 Å². The molecule has 1 N–H and O–H groups in total. The molecule has 1 fully saturated rings. The van der Waals surface area contributed by atoms with Gasteiger partial charge in [0.15, 0.2) is 5.82 Å². The summed E-state index contributed by atoms with van der Waals surface area (Å²) < 4.78 is 1.82. The number of rotatable bonds is 4. The molecular weight excluding hydrogens is 288 g/mol. The minimum atomic E-state index is 0. The zero-order valence-electron chi connectivity index (χ0n) is 12.1. The first kappa shape index (κ1) is 15.9. The molecule has 1 unspecified atom stereocenters. The molecule has 0 amide bonds. The van der Waals surface area contributed by atoms with Crippen LogP contribution in [0.2, 0.25) is 0 Å². The molecule has 0 spiro atoms. The molecule has 0 radical (unpaired) electrons. The predicted molar refractivity (Wildman–Crippen MR) is 83.8 cm³/mol. The Kier molecular flexibility index (Phi) is 5.67. The molecule has 7 heteroatoms. The van der Waals surface area contributed by atoms with Gasteiger partial charge in [0, 0.05) is 12.6 Å². The number of halogens is 1. The lowest BCUT2D eigenvalue weighted by Crippen LogP contribution is -2.44. The Morgan fingerprint density at radius 2 is 2.10 bits per heavy atom. The number of hydrogen-bond acceptors (Lipinski definition) is 5. The highest BCUT2D eigenvalue weighted by atomic mass is 35.5. The number of para-hydroxylation sites is 1. The van der Waals surface area contributed by atoms with Crippen molar-refractivity contribution >= 4 is 12.4 Å². The normalized spacial score (nSPS) is 19.2. The molecule has 0 aliphatic carbocycles. The molecule has 1 aliphatic rings. The number of nitrogens with zero attached hydrogens (tertiary/aromatic N) is 5. The number of aromatic nitrogens is 4. The summed E-state index contributed by atoms with van der Waals surface area (Å²) in [5.41, 5.74) is 1.01. The van der Waals surface area contributed by atoms with E-state index in [4.69, 9.17) is 0 Å². The van der Waals surface area contributed by atoms with E-state index < -0.39 is 0 Å². The Hall–Kier alpha value is -1.50. The van der Waals surface area contributed by atoms with E-state index in [0.29, 0.717) is 6.04 Å². The molecule has 114 valence electrons. The summed E-state index contributed by atoms with van der Waals surface area (Å²) in [6, 6.07) is 10.6. The highest BCUT2D eigenvalue weighted by Crippen LogP contribution is 2.14. The molecule has 1 aliphatic heterocycles. The van der Waals surface area contributed by atoms with Crippen molar-refractivity contribution in [2.24, 2.45) is 0 Å². The molecule has 0 saturated carbocycles. The van der Waals surface area contributed by atoms with Gasteiger partial charge in [-0.1, -0.05) is 18.2 Å². The average Bonchev–Trinajstić information content (AvgIpc) is 2.96. The first-order valence-electron chi connectivity index (χ1n) is 7.09. The van der Waals surface area contributed by atoms with E-state index in [1.54, 1.807) is 0 Å². The van der Waals surface area contributed by atoms with Crippen LogP contribution in [0.5, 0.6) is 0 Å². The van der Waals surface area contributed by atoms with Crippen LogP contribution < -0.4 is 5.32 Å². The largest absolute Gasteiger partial charge is 0.316 e. The number of tetrazole rings is 1. The van der Waals surface area contributed by atoms with Gasteiger partial charge in [-0.15, -0.1) is 17.5 Å². The van der Waals surface area contributed by atoms with Gasteiger partial charge in [0.25, 0.3) is 0 Å². The maximum absolute atomic E-state index is 4.18. The Morgan fingerprint density at radius 3 is 2.86 bits per heavy atom. The van der Waals surface area contributed by atoms with Crippen LogP contribution in [0.3, 0.4) is 0 Å². The fourth-order valence-electron chi connectivity index (χ4n) is 2.71. The standard InChI is InChI=1S/C14H20N6.ClH/c1-15-12-6-5-9-19(10-12)11-14-16-17-18-20(14)13-7-3-2-4-8-13;/h2-4,7-8,12,15H,5-6,9-11H2,1H3;1H. The molecular formula is C14H21ClN6. The topological polar surface area (TPSA) is 58.9 Å². The summed E-state index contributed by atoms with van der Waals surface area (Å²) in [4.78, 5) is 2.41. The van der Waals surface area contributed by atoms with E-state index >= 15 is 0 Å². The zero-order chi connectivity index (χ0) is 13.8. The van der Waals surface area contributed by atoms with Gasteiger partial charge < -0.3 is 5.32 Å². The van der Waals surface area contributed by atoms with Crippen molar-refractivity contribution in [2.45, 2.75) is 25.4 Å². The number of likely N-dealkylation sites (tertiary alicyclic amines) is 1. The van der Waals surface area contributed by atoms with E-state index in [-0.39, 0.29) is 12.4 Å². The second kappa shape index (κ2) is 7.49. The van der Waals surface area contributed by atoms with Gasteiger partial charge in [-0.05, 0) is 49.0 Å². The number of benzene rings is 1. The van der Waals surface area contributed by atoms with E-state index in [2.05, 4.69) is 25.7 Å². The van der Waals surface area contributed by atoms with Gasteiger partial charge >= 0.3 is 0 Å². The second-order valence-corrected chi connectivity index (χ2v) is 5.21. The van der Waals surface area contributed by atoms with Gasteiger partial charge in [-0.3, -0.25) is 4.90 Å². The molecule has 1 aromatic carbocycles. The lowest BCUT2D eigenvalue weighted by molar-refractivity contribution is 0.183. The Balaban J connectivity index is 0.00000161. The molecule has 21 heavy (non-hydrogen) atoms. The van der Waals surface area contributed by atoms with Gasteiger partial charge in [0.05, 0.1) is 12.2 Å². The van der Waals surface area contributed by atoms with Crippen LogP contribution in [0.4, 0.5) is 0 Å². The number of nitrogens with one attached hydrogen (secondary N) is 1. The minimum Gasteiger partial charge on any atom is -0.316 e. The number of likely N-dealkylation sites (N-methyl/N-ethyl adjacent to an activating group) is 1. The van der Waals surface area contributed by atoms with Crippen LogP contribution >= 0.6 is 12.4 Å². The van der Waals surface area contributed by atoms with Crippen LogP contribution in [-0.4, -0.2) is 51.3 Å². The first-order chi connectivity index (χ1) is 9.86. The van der Waals surface area contributed by atoms with Crippen LogP contribution in [0.25, 0.3) is 5.69 Å². The van der Waals surface area contributed by atoms with Crippen molar-refractivity contribution in [1.29, 1.82) is 0 Å². The maximum Gasteiger partial charge on any atom is 0.170 e. The summed E-state index contributed by atoms with van der Waals surface area (Å²) in [6.07, 6.45) is 2.47. The highest BCUT2D eigenvalue weighted by molar-refractivity contribution is 5.85. The summed E-state index contributed by atoms with van der Waals surface area (Å²) >= 11 is 0. The van der Waals surface area contributed by atoms with Crippen LogP contribution in [0.1, 0.15) is 18.7 Å². The van der Waals surface area contributed by atoms with Gasteiger partial charge in [0.1, 0.15) is 0 Å². The third-order valence-electron chi connectivity index (χ3n) is 3.81. The number of piperidine rings is 1. The highest BCUT2D eigenvalue weighted by Gasteiger charge is 2.20. The zero-order valence-corrected chi connectivity index (χ0v) is 13.0. The molecule has 2 aromatic rings. The molecule has 1 aromatic heterocycles. The number of hydrogen-bond donors (Lipinski definition) is 1. The minimum absolute atomic E-state index is 0. The van der Waals surface area contributed by atoms with Crippen molar-refractivity contribution in [3.05, 3.63) is 36.2 Å². The smallest absolute Gasteiger partial charge is 0.170 e. The lowest BCUT2D eigenvalue weighted by Gasteiger charge is -2.31. The lowest BCUT2D eigenvalue weighted by atomic mass is 10.1. The summed E-state index contributed by atoms with van der Waals surface area (Å²) in [7, 11) is 2.03. The molecule has 6 nitrogen and oxygen atoms in total. The summed E-state index contributed by atoms with van der Waals surface area (Å²) in [6.45, 7) is 2.96. The van der Waals surface area contributed by atoms with Crippen molar-refractivity contribution in [2.75, 3.05) is 20.1 Å². The van der Waals surface area contributed by atoms with E-state index in [1.807, 2.05) is 42.1 Å². The van der Waals surface area contributed by atoms with Crippen molar-refractivity contribution in [1.82, 2.24) is 30.4 Å². The maximum atomic E-state index is 4.18. The Bertz CT molecular complexity index is 543. The molecule has 1 atom stereocenters. The van der Waals surface area contributed by atoms with Crippen molar-refractivity contribution in [3.8, 4) is 5.69 Å². The second-order valence-electron chi connectivity index (χ2n) is 5.21. The third-order valence-corrected chi connectivity index (χ3v) is 3.81. The van der Waals surface area contributed by atoms with E-state index in [0.717, 1.165) is 31.1 Å². The summed E-state index contributed by atoms with van der Waals surface area (Å²) in [5, 5.41) is 15.5. The predicted octanol–water partition coefficient (Wildman–Crippen LogP) is 1.27. The summed E-state index contributed by atoms with van der Waals surface area (Å²) in [5.74, 6) is 0.896. The van der Waals surface area contributed by atoms with E-state index in [9.17, 15) is 0 Å². The quantitative estimate of drug-likeness (QED) is 0.922. The van der Waals surface area contributed by atoms with Gasteiger partial charge in [-0.2, -0.15) is 4.68 Å². The fourth-order valence-corrected chi connectivity index (χ4v) is 2.71. The molecule has 3 rings (SSSR count). The monoisotopic (exact) mass is 308 g/mol. The Morgan fingerprint density at radius 1 is 1.29 bits per heavy atom.